The van der Waals surface area contributed by atoms with Crippen LogP contribution >= 0.6 is 0 Å². The summed E-state index contributed by atoms with van der Waals surface area (Å²) >= 11 is 0. The third kappa shape index (κ3) is 3.46. The zero-order chi connectivity index (χ0) is 15.5. The van der Waals surface area contributed by atoms with Gasteiger partial charge in [-0.3, -0.25) is 4.90 Å². The minimum Gasteiger partial charge on any atom is -0.339 e. The van der Waals surface area contributed by atoms with Crippen LogP contribution in [0.1, 0.15) is 43.1 Å². The van der Waals surface area contributed by atoms with E-state index in [1.54, 1.807) is 0 Å². The minimum absolute atomic E-state index is 0.368. The van der Waals surface area contributed by atoms with Crippen LogP contribution in [0.4, 0.5) is 0 Å². The maximum atomic E-state index is 5.48. The molecule has 2 fully saturated rings. The van der Waals surface area contributed by atoms with E-state index < -0.39 is 0 Å². The van der Waals surface area contributed by atoms with Gasteiger partial charge in [-0.2, -0.15) is 4.98 Å². The van der Waals surface area contributed by atoms with Gasteiger partial charge in [-0.15, -0.1) is 0 Å². The summed E-state index contributed by atoms with van der Waals surface area (Å²) in [5.74, 6) is 1.85. The minimum atomic E-state index is 0.368. The van der Waals surface area contributed by atoms with Crippen molar-refractivity contribution in [2.45, 2.75) is 38.1 Å². The van der Waals surface area contributed by atoms with Crippen LogP contribution in [0, 0.1) is 0 Å². The molecule has 0 radical (unpaired) electrons. The Morgan fingerprint density at radius 3 is 2.96 bits per heavy atom. The van der Waals surface area contributed by atoms with E-state index in [-0.39, 0.29) is 0 Å². The van der Waals surface area contributed by atoms with Gasteiger partial charge in [0.15, 0.2) is 0 Å². The van der Waals surface area contributed by atoms with E-state index in [0.717, 1.165) is 37.5 Å². The maximum Gasteiger partial charge on any atom is 0.231 e. The molecule has 2 aromatic rings. The van der Waals surface area contributed by atoms with Crippen molar-refractivity contribution in [3.8, 4) is 11.4 Å². The summed E-state index contributed by atoms with van der Waals surface area (Å²) in [6, 6.07) is 8.57. The van der Waals surface area contributed by atoms with Crippen molar-refractivity contribution in [1.82, 2.24) is 20.4 Å². The van der Waals surface area contributed by atoms with E-state index in [4.69, 9.17) is 4.52 Å². The quantitative estimate of drug-likeness (QED) is 0.941. The monoisotopic (exact) mass is 312 g/mol. The van der Waals surface area contributed by atoms with Crippen LogP contribution in [0.2, 0.25) is 0 Å². The van der Waals surface area contributed by atoms with E-state index >= 15 is 0 Å². The summed E-state index contributed by atoms with van der Waals surface area (Å²) in [4.78, 5) is 7.16. The fraction of sp³-hybridized carbons (Fsp3) is 0.556. The molecule has 2 saturated heterocycles. The summed E-state index contributed by atoms with van der Waals surface area (Å²) in [7, 11) is 0. The first kappa shape index (κ1) is 14.8. The Morgan fingerprint density at radius 2 is 2.13 bits per heavy atom. The summed E-state index contributed by atoms with van der Waals surface area (Å²) < 4.78 is 5.48. The van der Waals surface area contributed by atoms with Crippen LogP contribution in [0.3, 0.4) is 0 Å². The second kappa shape index (κ2) is 6.81. The van der Waals surface area contributed by atoms with Crippen molar-refractivity contribution in [1.29, 1.82) is 0 Å². The average molecular weight is 312 g/mol. The molecule has 4 rings (SSSR count). The SMILES string of the molecule is c1cc(CN2CCCCC2)cc(-c2noc([C@@H]3CCNC3)n2)c1. The lowest BCUT2D eigenvalue weighted by atomic mass is 10.1. The zero-order valence-electron chi connectivity index (χ0n) is 13.5. The molecule has 1 aromatic carbocycles. The Balaban J connectivity index is 1.49. The first-order valence-corrected chi connectivity index (χ1v) is 8.74. The number of nitrogens with zero attached hydrogens (tertiary/aromatic N) is 3. The van der Waals surface area contributed by atoms with E-state index in [1.807, 2.05) is 0 Å². The lowest BCUT2D eigenvalue weighted by Gasteiger charge is -2.26. The Hall–Kier alpha value is -1.72. The first-order valence-electron chi connectivity index (χ1n) is 8.74. The number of aromatic nitrogens is 2. The van der Waals surface area contributed by atoms with Gasteiger partial charge >= 0.3 is 0 Å². The molecule has 0 amide bonds. The van der Waals surface area contributed by atoms with Crippen LogP contribution < -0.4 is 5.32 Å². The number of likely N-dealkylation sites (tertiary alicyclic amines) is 1. The number of benzene rings is 1. The highest BCUT2D eigenvalue weighted by atomic mass is 16.5. The van der Waals surface area contributed by atoms with Gasteiger partial charge in [0.2, 0.25) is 11.7 Å². The summed E-state index contributed by atoms with van der Waals surface area (Å²) in [6.07, 6.45) is 5.10. The highest BCUT2D eigenvalue weighted by Crippen LogP contribution is 2.24. The van der Waals surface area contributed by atoms with Gasteiger partial charge in [-0.1, -0.05) is 29.8 Å². The van der Waals surface area contributed by atoms with Crippen LogP contribution in [0.5, 0.6) is 0 Å². The maximum absolute atomic E-state index is 5.48. The molecule has 1 N–H and O–H groups in total. The topological polar surface area (TPSA) is 54.2 Å². The molecule has 1 aromatic heterocycles. The highest BCUT2D eigenvalue weighted by Gasteiger charge is 2.23. The number of rotatable bonds is 4. The molecule has 5 nitrogen and oxygen atoms in total. The smallest absolute Gasteiger partial charge is 0.231 e. The van der Waals surface area contributed by atoms with Gasteiger partial charge in [0.05, 0.1) is 5.92 Å². The van der Waals surface area contributed by atoms with Crippen LogP contribution in [-0.2, 0) is 6.54 Å². The van der Waals surface area contributed by atoms with Crippen LogP contribution in [-0.4, -0.2) is 41.2 Å². The van der Waals surface area contributed by atoms with Crippen molar-refractivity contribution < 1.29 is 4.52 Å². The Labute approximate surface area is 137 Å². The number of hydrogen-bond acceptors (Lipinski definition) is 5. The van der Waals surface area contributed by atoms with Gasteiger partial charge in [-0.05, 0) is 50.5 Å². The number of hydrogen-bond donors (Lipinski definition) is 1. The molecule has 0 bridgehead atoms. The Morgan fingerprint density at radius 1 is 1.22 bits per heavy atom. The molecular weight excluding hydrogens is 288 g/mol. The third-order valence-electron chi connectivity index (χ3n) is 4.89. The summed E-state index contributed by atoms with van der Waals surface area (Å²) in [6.45, 7) is 5.42. The molecule has 2 aliphatic rings. The van der Waals surface area contributed by atoms with Gasteiger partial charge < -0.3 is 9.84 Å². The number of nitrogens with one attached hydrogen (secondary N) is 1. The van der Waals surface area contributed by atoms with Gasteiger partial charge in [0, 0.05) is 18.7 Å². The van der Waals surface area contributed by atoms with Gasteiger partial charge in [0.1, 0.15) is 0 Å². The van der Waals surface area contributed by atoms with E-state index in [1.165, 1.54) is 37.9 Å². The fourth-order valence-corrected chi connectivity index (χ4v) is 3.57. The van der Waals surface area contributed by atoms with Crippen molar-refractivity contribution in [3.63, 3.8) is 0 Å². The molecule has 0 spiro atoms. The second-order valence-electron chi connectivity index (χ2n) is 6.68. The third-order valence-corrected chi connectivity index (χ3v) is 4.89. The molecule has 5 heteroatoms. The molecule has 2 aliphatic heterocycles. The first-order chi connectivity index (χ1) is 11.4. The average Bonchev–Trinajstić information content (AvgIpc) is 3.28. The molecule has 0 saturated carbocycles. The van der Waals surface area contributed by atoms with Crippen molar-refractivity contribution in [2.75, 3.05) is 26.2 Å². The molecule has 3 heterocycles. The van der Waals surface area contributed by atoms with E-state index in [9.17, 15) is 0 Å². The second-order valence-corrected chi connectivity index (χ2v) is 6.68. The normalized spacial score (nSPS) is 22.5. The number of piperidine rings is 1. The standard InChI is InChI=1S/C18H24N4O/c1-2-9-22(10-3-1)13-14-5-4-6-15(11-14)17-20-18(23-21-17)16-7-8-19-12-16/h4-6,11,16,19H,1-3,7-10,12-13H2/t16-/m1/s1. The van der Waals surface area contributed by atoms with Crippen LogP contribution in [0.25, 0.3) is 11.4 Å². The molecule has 0 aliphatic carbocycles. The largest absolute Gasteiger partial charge is 0.339 e. The lowest BCUT2D eigenvalue weighted by Crippen LogP contribution is -2.29. The van der Waals surface area contributed by atoms with Gasteiger partial charge in [0.25, 0.3) is 0 Å². The zero-order valence-corrected chi connectivity index (χ0v) is 13.5. The fourth-order valence-electron chi connectivity index (χ4n) is 3.57. The molecule has 122 valence electrons. The lowest BCUT2D eigenvalue weighted by molar-refractivity contribution is 0.221. The predicted molar refractivity (Wildman–Crippen MR) is 89.1 cm³/mol. The predicted octanol–water partition coefficient (Wildman–Crippen LogP) is 2.80. The Bertz CT molecular complexity index is 642. The summed E-state index contributed by atoms with van der Waals surface area (Å²) in [5, 5.41) is 7.53. The van der Waals surface area contributed by atoms with Crippen LogP contribution in [0.15, 0.2) is 28.8 Å². The summed E-state index contributed by atoms with van der Waals surface area (Å²) in [5.41, 5.74) is 2.39. The van der Waals surface area contributed by atoms with Crippen molar-refractivity contribution in [2.24, 2.45) is 0 Å². The molecule has 1 atom stereocenters. The Kier molecular flexibility index (Phi) is 4.39. The van der Waals surface area contributed by atoms with E-state index in [2.05, 4.69) is 44.6 Å². The molecule has 0 unspecified atom stereocenters. The van der Waals surface area contributed by atoms with E-state index in [0.29, 0.717) is 11.7 Å². The van der Waals surface area contributed by atoms with Crippen molar-refractivity contribution in [3.05, 3.63) is 35.7 Å². The molecule has 23 heavy (non-hydrogen) atoms. The van der Waals surface area contributed by atoms with Gasteiger partial charge in [-0.25, -0.2) is 0 Å². The highest BCUT2D eigenvalue weighted by molar-refractivity contribution is 5.55. The van der Waals surface area contributed by atoms with Crippen molar-refractivity contribution >= 4 is 0 Å². The molecular formula is C18H24N4O.